The van der Waals surface area contributed by atoms with Gasteiger partial charge in [0.05, 0.1) is 11.5 Å². The van der Waals surface area contributed by atoms with Crippen LogP contribution >= 0.6 is 0 Å². The van der Waals surface area contributed by atoms with Crippen molar-refractivity contribution in [1.82, 2.24) is 9.29 Å². The molecule has 2 N–H and O–H groups in total. The van der Waals surface area contributed by atoms with Gasteiger partial charge in [-0.3, -0.25) is 4.79 Å². The smallest absolute Gasteiger partial charge is 0.252 e. The average Bonchev–Trinajstić information content (AvgIpc) is 2.62. The molecule has 2 aromatic carbocycles. The number of benzene rings is 2. The number of aromatic nitrogens is 1. The Balaban J connectivity index is 2.04. The number of pyridine rings is 1. The van der Waals surface area contributed by atoms with Gasteiger partial charge < -0.3 is 10.1 Å². The van der Waals surface area contributed by atoms with Gasteiger partial charge in [0, 0.05) is 29.6 Å². The number of fused-ring (bicyclic) bond motifs is 1. The number of nitrogens with zero attached hydrogens (tertiary/aromatic N) is 1. The quantitative estimate of drug-likeness (QED) is 0.660. The summed E-state index contributed by atoms with van der Waals surface area (Å²) in [5, 5.41) is 10.2. The summed E-state index contributed by atoms with van der Waals surface area (Å²) in [5.74, 6) is -0.551. The Hall–Kier alpha value is -2.55. The lowest BCUT2D eigenvalue weighted by Crippen LogP contribution is -2.35. The third-order valence-corrected chi connectivity index (χ3v) is 6.40. The number of aliphatic hydroxyl groups excluding tert-OH is 1. The predicted molar refractivity (Wildman–Crippen MR) is 105 cm³/mol. The van der Waals surface area contributed by atoms with Crippen LogP contribution in [0.1, 0.15) is 16.7 Å². The van der Waals surface area contributed by atoms with Crippen LogP contribution in [0.3, 0.4) is 0 Å². The molecule has 0 fully saturated rings. The minimum absolute atomic E-state index is 0.105. The van der Waals surface area contributed by atoms with Gasteiger partial charge in [-0.15, -0.1) is 0 Å². The molecule has 1 heterocycles. The van der Waals surface area contributed by atoms with Gasteiger partial charge in [0.25, 0.3) is 5.56 Å². The predicted octanol–water partition coefficient (Wildman–Crippen LogP) is 2.47. The molecular weight excluding hydrogens is 383 g/mol. The number of aryl methyl sites for hydroxylation is 2. The second-order valence-corrected chi connectivity index (χ2v) is 8.62. The molecule has 1 aromatic heterocycles. The Morgan fingerprint density at radius 2 is 1.79 bits per heavy atom. The van der Waals surface area contributed by atoms with Gasteiger partial charge in [-0.1, -0.05) is 6.07 Å². The van der Waals surface area contributed by atoms with Gasteiger partial charge in [-0.25, -0.2) is 12.8 Å². The summed E-state index contributed by atoms with van der Waals surface area (Å²) >= 11 is 0. The van der Waals surface area contributed by atoms with E-state index in [1.807, 2.05) is 26.0 Å². The van der Waals surface area contributed by atoms with Crippen molar-refractivity contribution in [2.45, 2.75) is 25.3 Å². The minimum atomic E-state index is -4.01. The molecule has 0 saturated carbocycles. The van der Waals surface area contributed by atoms with E-state index in [-0.39, 0.29) is 23.5 Å². The van der Waals surface area contributed by atoms with Crippen LogP contribution in [0.5, 0.6) is 0 Å². The Kier molecular flexibility index (Phi) is 5.64. The maximum Gasteiger partial charge on any atom is 0.252 e. The Labute approximate surface area is 162 Å². The fraction of sp³-hybridized carbons (Fsp3) is 0.250. The molecule has 0 saturated heterocycles. The summed E-state index contributed by atoms with van der Waals surface area (Å²) in [6.07, 6.45) is 0. The first-order valence-electron chi connectivity index (χ1n) is 8.72. The fourth-order valence-electron chi connectivity index (χ4n) is 3.17. The van der Waals surface area contributed by atoms with Crippen LogP contribution in [0.25, 0.3) is 10.9 Å². The molecule has 0 aliphatic carbocycles. The van der Waals surface area contributed by atoms with Crippen LogP contribution in [-0.2, 0) is 16.6 Å². The third kappa shape index (κ3) is 3.99. The highest BCUT2D eigenvalue weighted by atomic mass is 32.2. The van der Waals surface area contributed by atoms with Crippen LogP contribution in [0.15, 0.2) is 52.2 Å². The summed E-state index contributed by atoms with van der Waals surface area (Å²) in [6, 6.07) is 9.93. The first-order chi connectivity index (χ1) is 13.2. The minimum Gasteiger partial charge on any atom is -0.395 e. The second kappa shape index (κ2) is 7.83. The second-order valence-electron chi connectivity index (χ2n) is 6.68. The van der Waals surface area contributed by atoms with E-state index in [0.29, 0.717) is 5.52 Å². The number of hydrogen-bond acceptors (Lipinski definition) is 4. The zero-order valence-corrected chi connectivity index (χ0v) is 16.4. The van der Waals surface area contributed by atoms with E-state index in [1.165, 1.54) is 0 Å². The molecule has 8 heteroatoms. The van der Waals surface area contributed by atoms with E-state index in [9.17, 15) is 22.7 Å². The van der Waals surface area contributed by atoms with Gasteiger partial charge in [-0.2, -0.15) is 4.31 Å². The lowest BCUT2D eigenvalue weighted by Gasteiger charge is -2.21. The molecule has 0 atom stereocenters. The largest absolute Gasteiger partial charge is 0.395 e. The number of H-pyrrole nitrogens is 1. The topological polar surface area (TPSA) is 90.5 Å². The first kappa shape index (κ1) is 20.2. The highest BCUT2D eigenvalue weighted by Gasteiger charge is 2.25. The molecular formula is C20H21FN2O4S. The van der Waals surface area contributed by atoms with Crippen LogP contribution in [0.4, 0.5) is 4.39 Å². The van der Waals surface area contributed by atoms with Crippen molar-refractivity contribution in [2.24, 2.45) is 0 Å². The molecule has 148 valence electrons. The molecule has 0 amide bonds. The lowest BCUT2D eigenvalue weighted by atomic mass is 10.0. The van der Waals surface area contributed by atoms with E-state index in [0.717, 1.165) is 45.1 Å². The van der Waals surface area contributed by atoms with Crippen LogP contribution in [0.2, 0.25) is 0 Å². The maximum absolute atomic E-state index is 13.1. The number of sulfonamides is 1. The Morgan fingerprint density at radius 1 is 1.11 bits per heavy atom. The zero-order chi connectivity index (χ0) is 20.5. The van der Waals surface area contributed by atoms with Gasteiger partial charge >= 0.3 is 0 Å². The van der Waals surface area contributed by atoms with Crippen LogP contribution in [0, 0.1) is 19.7 Å². The number of aliphatic hydroxyl groups is 1. The van der Waals surface area contributed by atoms with Crippen LogP contribution in [-0.4, -0.2) is 36.0 Å². The van der Waals surface area contributed by atoms with Crippen molar-refractivity contribution < 1.29 is 17.9 Å². The van der Waals surface area contributed by atoms with Crippen molar-refractivity contribution in [2.75, 3.05) is 13.2 Å². The molecule has 0 aliphatic heterocycles. The van der Waals surface area contributed by atoms with Crippen LogP contribution < -0.4 is 5.56 Å². The molecule has 0 spiro atoms. The Morgan fingerprint density at radius 3 is 2.43 bits per heavy atom. The van der Waals surface area contributed by atoms with E-state index < -0.39 is 28.0 Å². The van der Waals surface area contributed by atoms with Gasteiger partial charge in [0.15, 0.2) is 0 Å². The number of nitrogens with one attached hydrogen (secondary N) is 1. The standard InChI is InChI=1S/C20H21FN2O4S/c1-13-9-14(2)18-11-15(20(25)22-19(18)10-13)12-23(7-8-24)28(26,27)17-5-3-16(21)4-6-17/h3-6,9-11,24H,7-8,12H2,1-2H3,(H,22,25). The van der Waals surface area contributed by atoms with Crippen molar-refractivity contribution in [3.63, 3.8) is 0 Å². The summed E-state index contributed by atoms with van der Waals surface area (Å²) in [5.41, 5.74) is 2.52. The number of hydrogen-bond donors (Lipinski definition) is 2. The molecule has 0 unspecified atom stereocenters. The van der Waals surface area contributed by atoms with Crippen molar-refractivity contribution in [3.05, 3.63) is 75.3 Å². The zero-order valence-electron chi connectivity index (χ0n) is 15.6. The summed E-state index contributed by atoms with van der Waals surface area (Å²) < 4.78 is 40.0. The highest BCUT2D eigenvalue weighted by molar-refractivity contribution is 7.89. The summed E-state index contributed by atoms with van der Waals surface area (Å²) in [6.45, 7) is 3.03. The van der Waals surface area contributed by atoms with Gasteiger partial charge in [0.1, 0.15) is 5.82 Å². The summed E-state index contributed by atoms with van der Waals surface area (Å²) in [4.78, 5) is 15.2. The van der Waals surface area contributed by atoms with Crippen molar-refractivity contribution >= 4 is 20.9 Å². The number of halogens is 1. The SMILES string of the molecule is Cc1cc(C)c2cc(CN(CCO)S(=O)(=O)c3ccc(F)cc3)c(=O)[nH]c2c1. The molecule has 28 heavy (non-hydrogen) atoms. The third-order valence-electron chi connectivity index (χ3n) is 4.54. The monoisotopic (exact) mass is 404 g/mol. The first-order valence-corrected chi connectivity index (χ1v) is 10.2. The van der Waals surface area contributed by atoms with Gasteiger partial charge in [-0.05, 0) is 61.4 Å². The fourth-order valence-corrected chi connectivity index (χ4v) is 4.58. The highest BCUT2D eigenvalue weighted by Crippen LogP contribution is 2.21. The lowest BCUT2D eigenvalue weighted by molar-refractivity contribution is 0.251. The maximum atomic E-state index is 13.1. The van der Waals surface area contributed by atoms with Gasteiger partial charge in [0.2, 0.25) is 10.0 Å². The van der Waals surface area contributed by atoms with E-state index in [4.69, 9.17) is 0 Å². The molecule has 3 aromatic rings. The molecule has 0 aliphatic rings. The molecule has 0 bridgehead atoms. The van der Waals surface area contributed by atoms with Crippen molar-refractivity contribution in [3.8, 4) is 0 Å². The molecule has 3 rings (SSSR count). The Bertz CT molecular complexity index is 1170. The summed E-state index contributed by atoms with van der Waals surface area (Å²) in [7, 11) is -4.01. The normalized spacial score (nSPS) is 12.0. The van der Waals surface area contributed by atoms with Crippen molar-refractivity contribution in [1.29, 1.82) is 0 Å². The van der Waals surface area contributed by atoms with E-state index in [2.05, 4.69) is 4.98 Å². The van der Waals surface area contributed by atoms with E-state index in [1.54, 1.807) is 6.07 Å². The van der Waals surface area contributed by atoms with E-state index >= 15 is 0 Å². The number of rotatable bonds is 6. The average molecular weight is 404 g/mol. The molecule has 0 radical (unpaired) electrons. The molecule has 6 nitrogen and oxygen atoms in total. The number of aromatic amines is 1.